The van der Waals surface area contributed by atoms with Crippen molar-refractivity contribution in [3.8, 4) is 17.5 Å². The lowest BCUT2D eigenvalue weighted by atomic mass is 9.91. The monoisotopic (exact) mass is 436 g/mol. The van der Waals surface area contributed by atoms with Crippen LogP contribution in [0.5, 0.6) is 5.75 Å². The van der Waals surface area contributed by atoms with Crippen LogP contribution in [0.3, 0.4) is 0 Å². The maximum Gasteiger partial charge on any atom is 0.174 e. The molecule has 4 aromatic rings. The molecule has 0 saturated heterocycles. The number of imidazole rings is 1. The second-order valence-electron chi connectivity index (χ2n) is 8.17. The topological polar surface area (TPSA) is 81.5 Å². The van der Waals surface area contributed by atoms with Gasteiger partial charge >= 0.3 is 0 Å². The van der Waals surface area contributed by atoms with Crippen molar-refractivity contribution < 1.29 is 4.74 Å². The van der Waals surface area contributed by atoms with Crippen LogP contribution in [0.1, 0.15) is 52.8 Å². The third-order valence-electron chi connectivity index (χ3n) is 5.95. The summed E-state index contributed by atoms with van der Waals surface area (Å²) in [6.45, 7) is 2.83. The molecule has 3 heterocycles. The molecule has 0 fully saturated rings. The van der Waals surface area contributed by atoms with Gasteiger partial charge in [-0.3, -0.25) is 0 Å². The van der Waals surface area contributed by atoms with Crippen molar-refractivity contribution >= 4 is 12.2 Å². The Morgan fingerprint density at radius 3 is 2.73 bits per heavy atom. The van der Waals surface area contributed by atoms with E-state index in [9.17, 15) is 0 Å². The summed E-state index contributed by atoms with van der Waals surface area (Å²) in [6.07, 6.45) is 9.78. The molecule has 1 aliphatic heterocycles. The summed E-state index contributed by atoms with van der Waals surface area (Å²) in [5, 5.41) is 13.8. The van der Waals surface area contributed by atoms with Crippen LogP contribution >= 0.6 is 0 Å². The van der Waals surface area contributed by atoms with Gasteiger partial charge in [-0.2, -0.15) is 10.4 Å². The predicted octanol–water partition coefficient (Wildman–Crippen LogP) is 4.75. The highest BCUT2D eigenvalue weighted by molar-refractivity contribution is 5.69. The molecule has 7 nitrogen and oxygen atoms in total. The second kappa shape index (κ2) is 8.75. The summed E-state index contributed by atoms with van der Waals surface area (Å²) in [4.78, 5) is 9.13. The van der Waals surface area contributed by atoms with Gasteiger partial charge in [0, 0.05) is 18.7 Å². The van der Waals surface area contributed by atoms with Crippen molar-refractivity contribution in [2.24, 2.45) is 0 Å². The number of rotatable bonds is 5. The lowest BCUT2D eigenvalue weighted by molar-refractivity contribution is 0.413. The summed E-state index contributed by atoms with van der Waals surface area (Å²) in [6, 6.07) is 16.0. The largest absolute Gasteiger partial charge is 0.495 e. The number of hydrogen-bond acceptors (Lipinski definition) is 5. The Bertz CT molecular complexity index is 1360. The van der Waals surface area contributed by atoms with Gasteiger partial charge in [0.2, 0.25) is 0 Å². The van der Waals surface area contributed by atoms with Crippen LogP contribution in [0, 0.1) is 18.3 Å². The fourth-order valence-electron chi connectivity index (χ4n) is 4.28. The summed E-state index contributed by atoms with van der Waals surface area (Å²) in [5.41, 5.74) is 4.74. The van der Waals surface area contributed by atoms with E-state index in [0.717, 1.165) is 47.9 Å². The van der Waals surface area contributed by atoms with E-state index in [2.05, 4.69) is 11.1 Å². The van der Waals surface area contributed by atoms with Gasteiger partial charge in [-0.1, -0.05) is 24.3 Å². The third kappa shape index (κ3) is 4.15. The van der Waals surface area contributed by atoms with Crippen LogP contribution in [-0.2, 0) is 6.54 Å². The third-order valence-corrected chi connectivity index (χ3v) is 5.95. The first kappa shape index (κ1) is 20.7. The Morgan fingerprint density at radius 1 is 1.15 bits per heavy atom. The summed E-state index contributed by atoms with van der Waals surface area (Å²) < 4.78 is 9.57. The van der Waals surface area contributed by atoms with Crippen molar-refractivity contribution in [2.75, 3.05) is 7.11 Å². The van der Waals surface area contributed by atoms with Crippen LogP contribution < -0.4 is 4.74 Å². The van der Waals surface area contributed by atoms with Crippen molar-refractivity contribution in [3.63, 3.8) is 0 Å². The minimum absolute atomic E-state index is 0.194. The number of ether oxygens (including phenoxy) is 1. The lowest BCUT2D eigenvalue weighted by Crippen LogP contribution is -2.17. The van der Waals surface area contributed by atoms with Crippen molar-refractivity contribution in [2.45, 2.75) is 32.2 Å². The zero-order chi connectivity index (χ0) is 22.8. The lowest BCUT2D eigenvalue weighted by Gasteiger charge is -2.22. The summed E-state index contributed by atoms with van der Waals surface area (Å²) >= 11 is 0. The predicted molar refractivity (Wildman–Crippen MR) is 126 cm³/mol. The smallest absolute Gasteiger partial charge is 0.174 e. The molecule has 33 heavy (non-hydrogen) atoms. The molecule has 0 aliphatic carbocycles. The van der Waals surface area contributed by atoms with Crippen molar-refractivity contribution in [1.29, 1.82) is 5.26 Å². The van der Waals surface area contributed by atoms with Crippen LogP contribution in [0.25, 0.3) is 17.8 Å². The van der Waals surface area contributed by atoms with E-state index in [0.29, 0.717) is 11.4 Å². The highest BCUT2D eigenvalue weighted by Gasteiger charge is 2.25. The fraction of sp³-hybridized carbons (Fsp3) is 0.231. The van der Waals surface area contributed by atoms with Gasteiger partial charge in [-0.05, 0) is 61.2 Å². The Balaban J connectivity index is 1.40. The van der Waals surface area contributed by atoms with Gasteiger partial charge in [0.15, 0.2) is 5.82 Å². The molecule has 7 heteroatoms. The zero-order valence-corrected chi connectivity index (χ0v) is 18.6. The number of methoxy groups -OCH3 is 1. The van der Waals surface area contributed by atoms with Gasteiger partial charge in [0.1, 0.15) is 11.6 Å². The SMILES string of the molecule is COc1cc(C=Cc2nc3n(n2)CCC[C@H]3c2ccc(C#N)cc2)ccc1-n1cnc(C)c1. The molecule has 0 bridgehead atoms. The molecule has 0 spiro atoms. The summed E-state index contributed by atoms with van der Waals surface area (Å²) in [5.74, 6) is 2.64. The molecule has 5 rings (SSSR count). The molecular formula is C26H24N6O. The number of nitrogens with zero attached hydrogens (tertiary/aromatic N) is 6. The highest BCUT2D eigenvalue weighted by atomic mass is 16.5. The molecule has 0 radical (unpaired) electrons. The maximum absolute atomic E-state index is 9.06. The normalized spacial score (nSPS) is 15.4. The minimum Gasteiger partial charge on any atom is -0.495 e. The molecule has 2 aromatic heterocycles. The number of aryl methyl sites for hydroxylation is 2. The quantitative estimate of drug-likeness (QED) is 0.451. The highest BCUT2D eigenvalue weighted by Crippen LogP contribution is 2.32. The van der Waals surface area contributed by atoms with Gasteiger partial charge in [0.25, 0.3) is 0 Å². The number of hydrogen-bond donors (Lipinski definition) is 0. The van der Waals surface area contributed by atoms with Gasteiger partial charge in [0.05, 0.1) is 36.5 Å². The Kier molecular flexibility index (Phi) is 5.49. The Morgan fingerprint density at radius 2 is 2.00 bits per heavy atom. The standard InChI is InChI=1S/C26H24N6O/c1-18-16-31(17-28-18)23-11-7-19(14-24(23)33-2)8-12-25-29-26-22(4-3-13-32(26)30-25)21-9-5-20(15-27)6-10-21/h5-12,14,16-17,22H,3-4,13H2,1-2H3/t22-/m0/s1. The van der Waals surface area contributed by atoms with E-state index in [1.807, 2.05) is 77.0 Å². The first-order chi connectivity index (χ1) is 16.1. The molecule has 0 saturated carbocycles. The van der Waals surface area contributed by atoms with E-state index in [-0.39, 0.29) is 5.92 Å². The summed E-state index contributed by atoms with van der Waals surface area (Å²) in [7, 11) is 1.67. The number of nitriles is 1. The molecule has 1 atom stereocenters. The van der Waals surface area contributed by atoms with Crippen molar-refractivity contribution in [3.05, 3.63) is 89.0 Å². The van der Waals surface area contributed by atoms with E-state index < -0.39 is 0 Å². The van der Waals surface area contributed by atoms with E-state index in [1.165, 1.54) is 5.56 Å². The van der Waals surface area contributed by atoms with E-state index in [1.54, 1.807) is 13.4 Å². The van der Waals surface area contributed by atoms with Crippen LogP contribution in [0.4, 0.5) is 0 Å². The Hall–Kier alpha value is -4.18. The van der Waals surface area contributed by atoms with Gasteiger partial charge in [-0.15, -0.1) is 0 Å². The maximum atomic E-state index is 9.06. The van der Waals surface area contributed by atoms with Crippen LogP contribution in [0.15, 0.2) is 55.0 Å². The second-order valence-corrected chi connectivity index (χ2v) is 8.17. The first-order valence-corrected chi connectivity index (χ1v) is 11.0. The van der Waals surface area contributed by atoms with Gasteiger partial charge in [-0.25, -0.2) is 14.6 Å². The molecule has 0 amide bonds. The average molecular weight is 437 g/mol. The minimum atomic E-state index is 0.194. The molecule has 1 aliphatic rings. The van der Waals surface area contributed by atoms with E-state index >= 15 is 0 Å². The van der Waals surface area contributed by atoms with Crippen LogP contribution in [-0.4, -0.2) is 31.4 Å². The number of fused-ring (bicyclic) bond motifs is 1. The van der Waals surface area contributed by atoms with Gasteiger partial charge < -0.3 is 9.30 Å². The Labute approximate surface area is 192 Å². The molecule has 0 N–H and O–H groups in total. The zero-order valence-electron chi connectivity index (χ0n) is 18.6. The van der Waals surface area contributed by atoms with E-state index in [4.69, 9.17) is 20.1 Å². The number of aromatic nitrogens is 5. The molecule has 2 aromatic carbocycles. The molecule has 0 unspecified atom stereocenters. The number of benzene rings is 2. The molecular weight excluding hydrogens is 412 g/mol. The van der Waals surface area contributed by atoms with Crippen LogP contribution in [0.2, 0.25) is 0 Å². The average Bonchev–Trinajstić information content (AvgIpc) is 3.48. The fourth-order valence-corrected chi connectivity index (χ4v) is 4.28. The molecule has 164 valence electrons. The van der Waals surface area contributed by atoms with Crippen molar-refractivity contribution in [1.82, 2.24) is 24.3 Å². The first-order valence-electron chi connectivity index (χ1n) is 11.0.